The fourth-order valence-electron chi connectivity index (χ4n) is 2.97. The van der Waals surface area contributed by atoms with E-state index in [9.17, 15) is 0 Å². The van der Waals surface area contributed by atoms with Gasteiger partial charge in [-0.3, -0.25) is 0 Å². The second-order valence-corrected chi connectivity index (χ2v) is 6.87. The number of hydrogen-bond acceptors (Lipinski definition) is 0. The van der Waals surface area contributed by atoms with Gasteiger partial charge in [0.15, 0.2) is 0 Å². The molecular weight excluding hydrogens is 240 g/mol. The molecule has 3 aromatic rings. The van der Waals surface area contributed by atoms with Gasteiger partial charge in [0.25, 0.3) is 0 Å². The third-order valence-corrected chi connectivity index (χ3v) is 4.29. The molecule has 0 saturated carbocycles. The number of rotatable bonds is 0. The van der Waals surface area contributed by atoms with Crippen molar-refractivity contribution in [2.75, 3.05) is 0 Å². The van der Waals surface area contributed by atoms with E-state index >= 15 is 0 Å². The van der Waals surface area contributed by atoms with Gasteiger partial charge in [0.1, 0.15) is 0 Å². The highest BCUT2D eigenvalue weighted by atomic mass is 14.2. The summed E-state index contributed by atoms with van der Waals surface area (Å²) in [5.41, 5.74) is 4.31. The summed E-state index contributed by atoms with van der Waals surface area (Å²) in [6, 6.07) is 15.9. The SMILES string of the molecule is Cc1ccc(C)c2c1ccc1cc(C(C)(C)C)ccc12. The fourth-order valence-corrected chi connectivity index (χ4v) is 2.97. The quantitative estimate of drug-likeness (QED) is 0.442. The van der Waals surface area contributed by atoms with Crippen molar-refractivity contribution in [1.82, 2.24) is 0 Å². The molecule has 0 atom stereocenters. The lowest BCUT2D eigenvalue weighted by molar-refractivity contribution is 0.591. The molecule has 0 unspecified atom stereocenters. The molecule has 0 aromatic heterocycles. The molecule has 0 saturated heterocycles. The van der Waals surface area contributed by atoms with Gasteiger partial charge in [0.2, 0.25) is 0 Å². The zero-order valence-electron chi connectivity index (χ0n) is 13.0. The summed E-state index contributed by atoms with van der Waals surface area (Å²) in [7, 11) is 0. The Hall–Kier alpha value is -1.82. The first-order valence-corrected chi connectivity index (χ1v) is 7.31. The summed E-state index contributed by atoms with van der Waals surface area (Å²) < 4.78 is 0. The molecule has 0 bridgehead atoms. The Morgan fingerprint density at radius 2 is 1.35 bits per heavy atom. The minimum atomic E-state index is 0.199. The Balaban J connectivity index is 2.42. The molecule has 0 radical (unpaired) electrons. The molecule has 20 heavy (non-hydrogen) atoms. The van der Waals surface area contributed by atoms with E-state index in [2.05, 4.69) is 77.1 Å². The van der Waals surface area contributed by atoms with Crippen LogP contribution in [0.1, 0.15) is 37.5 Å². The molecule has 0 heteroatoms. The number of fused-ring (bicyclic) bond motifs is 3. The van der Waals surface area contributed by atoms with Crippen molar-refractivity contribution in [1.29, 1.82) is 0 Å². The first-order chi connectivity index (χ1) is 9.38. The highest BCUT2D eigenvalue weighted by Crippen LogP contribution is 2.33. The predicted octanol–water partition coefficient (Wildman–Crippen LogP) is 5.91. The van der Waals surface area contributed by atoms with Gasteiger partial charge in [-0.05, 0) is 57.5 Å². The Labute approximate surface area is 121 Å². The van der Waals surface area contributed by atoms with E-state index in [1.807, 2.05) is 0 Å². The van der Waals surface area contributed by atoms with Crippen LogP contribution in [0.5, 0.6) is 0 Å². The predicted molar refractivity (Wildman–Crippen MR) is 89.6 cm³/mol. The van der Waals surface area contributed by atoms with Gasteiger partial charge in [-0.15, -0.1) is 0 Å². The van der Waals surface area contributed by atoms with E-state index in [0.717, 1.165) is 0 Å². The average Bonchev–Trinajstić information content (AvgIpc) is 2.40. The topological polar surface area (TPSA) is 0 Å². The van der Waals surface area contributed by atoms with Gasteiger partial charge < -0.3 is 0 Å². The lowest BCUT2D eigenvalue weighted by atomic mass is 9.85. The van der Waals surface area contributed by atoms with Crippen LogP contribution < -0.4 is 0 Å². The summed E-state index contributed by atoms with van der Waals surface area (Å²) >= 11 is 0. The Morgan fingerprint density at radius 3 is 2.05 bits per heavy atom. The van der Waals surface area contributed by atoms with E-state index in [-0.39, 0.29) is 5.41 Å². The summed E-state index contributed by atoms with van der Waals surface area (Å²) in [5.74, 6) is 0. The highest BCUT2D eigenvalue weighted by Gasteiger charge is 2.14. The van der Waals surface area contributed by atoms with E-state index in [4.69, 9.17) is 0 Å². The number of benzene rings is 3. The lowest BCUT2D eigenvalue weighted by Gasteiger charge is -2.20. The van der Waals surface area contributed by atoms with Crippen LogP contribution in [0.15, 0.2) is 42.5 Å². The van der Waals surface area contributed by atoms with Crippen molar-refractivity contribution in [3.8, 4) is 0 Å². The molecule has 0 aliphatic carbocycles. The number of aryl methyl sites for hydroxylation is 2. The Kier molecular flexibility index (Phi) is 2.86. The van der Waals surface area contributed by atoms with Crippen LogP contribution in [-0.2, 0) is 5.41 Å². The van der Waals surface area contributed by atoms with Crippen LogP contribution in [-0.4, -0.2) is 0 Å². The molecule has 0 spiro atoms. The maximum Gasteiger partial charge on any atom is -0.00735 e. The maximum atomic E-state index is 2.34. The molecular formula is C20H22. The van der Waals surface area contributed by atoms with Crippen LogP contribution in [0.3, 0.4) is 0 Å². The molecule has 102 valence electrons. The summed E-state index contributed by atoms with van der Waals surface area (Å²) in [4.78, 5) is 0. The van der Waals surface area contributed by atoms with Crippen molar-refractivity contribution in [3.63, 3.8) is 0 Å². The van der Waals surface area contributed by atoms with Crippen LogP contribution in [0, 0.1) is 13.8 Å². The molecule has 3 aromatic carbocycles. The third-order valence-electron chi connectivity index (χ3n) is 4.29. The van der Waals surface area contributed by atoms with Crippen LogP contribution in [0.25, 0.3) is 21.5 Å². The first kappa shape index (κ1) is 13.2. The largest absolute Gasteiger partial charge is 0.0584 e. The summed E-state index contributed by atoms with van der Waals surface area (Å²) in [6.07, 6.45) is 0. The Bertz CT molecular complexity index is 801. The molecule has 0 aliphatic heterocycles. The molecule has 0 fully saturated rings. The van der Waals surface area contributed by atoms with Crippen LogP contribution in [0.4, 0.5) is 0 Å². The molecule has 3 rings (SSSR count). The lowest BCUT2D eigenvalue weighted by Crippen LogP contribution is -2.10. The van der Waals surface area contributed by atoms with E-state index < -0.39 is 0 Å². The second kappa shape index (κ2) is 4.34. The van der Waals surface area contributed by atoms with Crippen molar-refractivity contribution < 1.29 is 0 Å². The van der Waals surface area contributed by atoms with Gasteiger partial charge in [-0.25, -0.2) is 0 Å². The third kappa shape index (κ3) is 2.00. The van der Waals surface area contributed by atoms with Crippen molar-refractivity contribution in [2.24, 2.45) is 0 Å². The zero-order chi connectivity index (χ0) is 14.5. The van der Waals surface area contributed by atoms with Gasteiger partial charge in [0, 0.05) is 0 Å². The second-order valence-electron chi connectivity index (χ2n) is 6.87. The van der Waals surface area contributed by atoms with Gasteiger partial charge >= 0.3 is 0 Å². The van der Waals surface area contributed by atoms with Crippen LogP contribution in [0.2, 0.25) is 0 Å². The minimum absolute atomic E-state index is 0.199. The van der Waals surface area contributed by atoms with Crippen molar-refractivity contribution >= 4 is 21.5 Å². The van der Waals surface area contributed by atoms with Gasteiger partial charge in [-0.1, -0.05) is 63.2 Å². The first-order valence-electron chi connectivity index (χ1n) is 7.31. The summed E-state index contributed by atoms with van der Waals surface area (Å²) in [6.45, 7) is 11.2. The molecule has 0 N–H and O–H groups in total. The van der Waals surface area contributed by atoms with Crippen molar-refractivity contribution in [3.05, 3.63) is 59.2 Å². The fraction of sp³-hybridized carbons (Fsp3) is 0.300. The molecule has 0 amide bonds. The highest BCUT2D eigenvalue weighted by molar-refractivity contribution is 6.10. The smallest absolute Gasteiger partial charge is 0.00735 e. The minimum Gasteiger partial charge on any atom is -0.0584 e. The monoisotopic (exact) mass is 262 g/mol. The van der Waals surface area contributed by atoms with Crippen molar-refractivity contribution in [2.45, 2.75) is 40.0 Å². The van der Waals surface area contributed by atoms with Gasteiger partial charge in [0.05, 0.1) is 0 Å². The van der Waals surface area contributed by atoms with E-state index in [0.29, 0.717) is 0 Å². The number of hydrogen-bond donors (Lipinski definition) is 0. The molecule has 0 nitrogen and oxygen atoms in total. The van der Waals surface area contributed by atoms with Crippen LogP contribution >= 0.6 is 0 Å². The molecule has 0 heterocycles. The van der Waals surface area contributed by atoms with Gasteiger partial charge in [-0.2, -0.15) is 0 Å². The maximum absolute atomic E-state index is 2.34. The standard InChI is InChI=1S/C20H22/c1-13-6-7-14(2)19-17(13)10-8-15-12-16(20(3,4)5)9-11-18(15)19/h6-12H,1-5H3. The normalized spacial score (nSPS) is 12.2. The Morgan fingerprint density at radius 1 is 0.700 bits per heavy atom. The van der Waals surface area contributed by atoms with E-state index in [1.165, 1.54) is 38.2 Å². The van der Waals surface area contributed by atoms with E-state index in [1.54, 1.807) is 0 Å². The average molecular weight is 262 g/mol. The zero-order valence-corrected chi connectivity index (χ0v) is 13.0. The summed E-state index contributed by atoms with van der Waals surface area (Å²) in [5, 5.41) is 5.50. The molecule has 0 aliphatic rings.